The van der Waals surface area contributed by atoms with Crippen molar-refractivity contribution in [3.63, 3.8) is 0 Å². The van der Waals surface area contributed by atoms with E-state index in [0.29, 0.717) is 15.6 Å². The van der Waals surface area contributed by atoms with Gasteiger partial charge in [0, 0.05) is 12.1 Å². The van der Waals surface area contributed by atoms with Gasteiger partial charge >= 0.3 is 0 Å². The number of benzene rings is 2. The first-order chi connectivity index (χ1) is 11.9. The molecule has 1 aromatic heterocycles. The second-order valence-electron chi connectivity index (χ2n) is 5.36. The number of sulfonamides is 1. The maximum Gasteiger partial charge on any atom is 0.241 e. The van der Waals surface area contributed by atoms with E-state index in [4.69, 9.17) is 23.8 Å². The fourth-order valence-electron chi connectivity index (χ4n) is 2.37. The molecule has 0 aliphatic carbocycles. The van der Waals surface area contributed by atoms with Crippen LogP contribution in [-0.4, -0.2) is 23.2 Å². The van der Waals surface area contributed by atoms with Gasteiger partial charge in [-0.3, -0.25) is 5.10 Å². The van der Waals surface area contributed by atoms with Gasteiger partial charge in [-0.2, -0.15) is 9.82 Å². The summed E-state index contributed by atoms with van der Waals surface area (Å²) in [7, 11) is -2.06. The monoisotopic (exact) mass is 394 g/mol. The van der Waals surface area contributed by atoms with E-state index >= 15 is 0 Å². The fraction of sp³-hybridized carbons (Fsp3) is 0.125. The van der Waals surface area contributed by atoms with Gasteiger partial charge in [0.1, 0.15) is 6.04 Å². The van der Waals surface area contributed by atoms with Gasteiger partial charge in [0.2, 0.25) is 10.0 Å². The standard InChI is InChI=1S/C16H15ClN4O2S2/c1-21-15(18-19-16(21)24)14(11-5-3-2-4-6-11)20-25(22,23)13-9-7-12(17)8-10-13/h2-10,14,20H,1H3,(H,19,24). The molecule has 2 N–H and O–H groups in total. The molecule has 0 amide bonds. The predicted octanol–water partition coefficient (Wildman–Crippen LogP) is 3.20. The van der Waals surface area contributed by atoms with E-state index in [1.807, 2.05) is 30.3 Å². The van der Waals surface area contributed by atoms with Crippen molar-refractivity contribution in [2.45, 2.75) is 10.9 Å². The van der Waals surface area contributed by atoms with Gasteiger partial charge in [0.05, 0.1) is 4.90 Å². The van der Waals surface area contributed by atoms with E-state index in [-0.39, 0.29) is 4.90 Å². The number of nitrogens with zero attached hydrogens (tertiary/aromatic N) is 2. The molecular formula is C16H15ClN4O2S2. The number of hydrogen-bond donors (Lipinski definition) is 2. The quantitative estimate of drug-likeness (QED) is 0.651. The van der Waals surface area contributed by atoms with E-state index < -0.39 is 16.1 Å². The minimum atomic E-state index is -3.79. The lowest BCUT2D eigenvalue weighted by molar-refractivity contribution is 0.562. The van der Waals surface area contributed by atoms with Crippen LogP contribution < -0.4 is 4.72 Å². The zero-order valence-corrected chi connectivity index (χ0v) is 15.6. The van der Waals surface area contributed by atoms with Crippen molar-refractivity contribution in [2.24, 2.45) is 7.05 Å². The lowest BCUT2D eigenvalue weighted by atomic mass is 10.1. The second-order valence-corrected chi connectivity index (χ2v) is 7.90. The number of aromatic nitrogens is 3. The Kier molecular flexibility index (Phi) is 5.05. The normalized spacial score (nSPS) is 12.9. The summed E-state index contributed by atoms with van der Waals surface area (Å²) in [6.07, 6.45) is 0. The first-order valence-corrected chi connectivity index (χ1v) is 9.59. The van der Waals surface area contributed by atoms with Crippen LogP contribution in [0.25, 0.3) is 0 Å². The highest BCUT2D eigenvalue weighted by Gasteiger charge is 2.26. The van der Waals surface area contributed by atoms with Crippen molar-refractivity contribution in [2.75, 3.05) is 0 Å². The summed E-state index contributed by atoms with van der Waals surface area (Å²) in [6, 6.07) is 14.5. The third kappa shape index (κ3) is 3.82. The van der Waals surface area contributed by atoms with E-state index in [0.717, 1.165) is 5.56 Å². The molecule has 0 spiro atoms. The Bertz CT molecular complexity index is 1030. The maximum atomic E-state index is 12.8. The highest BCUT2D eigenvalue weighted by Crippen LogP contribution is 2.23. The number of H-pyrrole nitrogens is 1. The molecular weight excluding hydrogens is 380 g/mol. The topological polar surface area (TPSA) is 79.8 Å². The molecule has 0 saturated carbocycles. The SMILES string of the molecule is Cn1c(C(NS(=O)(=O)c2ccc(Cl)cc2)c2ccccc2)n[nH]c1=S. The van der Waals surface area contributed by atoms with Crippen LogP contribution in [0, 0.1) is 4.77 Å². The summed E-state index contributed by atoms with van der Waals surface area (Å²) in [5.41, 5.74) is 0.747. The van der Waals surface area contributed by atoms with Crippen LogP contribution in [0.1, 0.15) is 17.4 Å². The van der Waals surface area contributed by atoms with Gasteiger partial charge in [-0.15, -0.1) is 0 Å². The number of halogens is 1. The average Bonchev–Trinajstić information content (AvgIpc) is 2.93. The van der Waals surface area contributed by atoms with Gasteiger partial charge in [-0.05, 0) is 42.0 Å². The first kappa shape index (κ1) is 17.8. The van der Waals surface area contributed by atoms with Crippen LogP contribution in [0.15, 0.2) is 59.5 Å². The molecule has 1 heterocycles. The Labute approximate surface area is 155 Å². The van der Waals surface area contributed by atoms with Crippen LogP contribution in [0.5, 0.6) is 0 Å². The lowest BCUT2D eigenvalue weighted by Gasteiger charge is -2.18. The molecule has 9 heteroatoms. The van der Waals surface area contributed by atoms with E-state index in [1.54, 1.807) is 11.6 Å². The zero-order valence-electron chi connectivity index (χ0n) is 13.2. The highest BCUT2D eigenvalue weighted by molar-refractivity contribution is 7.89. The van der Waals surface area contributed by atoms with Crippen LogP contribution in [0.2, 0.25) is 5.02 Å². The third-order valence-electron chi connectivity index (χ3n) is 3.70. The highest BCUT2D eigenvalue weighted by atomic mass is 35.5. The molecule has 1 atom stereocenters. The first-order valence-electron chi connectivity index (χ1n) is 7.32. The number of aromatic amines is 1. The Morgan fingerprint density at radius 3 is 2.36 bits per heavy atom. The zero-order chi connectivity index (χ0) is 18.0. The molecule has 0 bridgehead atoms. The number of rotatable bonds is 5. The van der Waals surface area contributed by atoms with Gasteiger partial charge in [-0.25, -0.2) is 8.42 Å². The smallest absolute Gasteiger partial charge is 0.241 e. The lowest BCUT2D eigenvalue weighted by Crippen LogP contribution is -2.31. The molecule has 3 rings (SSSR count). The Balaban J connectivity index is 2.05. The summed E-state index contributed by atoms with van der Waals surface area (Å²) >= 11 is 11.0. The van der Waals surface area contributed by atoms with Crippen molar-refractivity contribution in [1.29, 1.82) is 0 Å². The predicted molar refractivity (Wildman–Crippen MR) is 98.5 cm³/mol. The van der Waals surface area contributed by atoms with Gasteiger partial charge < -0.3 is 4.57 Å². The molecule has 130 valence electrons. The van der Waals surface area contributed by atoms with Crippen molar-refractivity contribution in [3.05, 3.63) is 75.8 Å². The summed E-state index contributed by atoms with van der Waals surface area (Å²) in [4.78, 5) is 0.120. The second kappa shape index (κ2) is 7.09. The van der Waals surface area contributed by atoms with Crippen molar-refractivity contribution in [3.8, 4) is 0 Å². The minimum Gasteiger partial charge on any atom is -0.306 e. The third-order valence-corrected chi connectivity index (χ3v) is 5.76. The molecule has 0 aliphatic rings. The van der Waals surface area contributed by atoms with Gasteiger partial charge in [0.15, 0.2) is 10.6 Å². The molecule has 0 radical (unpaired) electrons. The van der Waals surface area contributed by atoms with Gasteiger partial charge in [0.25, 0.3) is 0 Å². The van der Waals surface area contributed by atoms with E-state index in [2.05, 4.69) is 14.9 Å². The Morgan fingerprint density at radius 1 is 1.16 bits per heavy atom. The van der Waals surface area contributed by atoms with Gasteiger partial charge in [-0.1, -0.05) is 41.9 Å². The molecule has 0 saturated heterocycles. The van der Waals surface area contributed by atoms with Crippen molar-refractivity contribution in [1.82, 2.24) is 19.5 Å². The molecule has 1 unspecified atom stereocenters. The molecule has 3 aromatic rings. The van der Waals surface area contributed by atoms with Crippen LogP contribution in [0.4, 0.5) is 0 Å². The summed E-state index contributed by atoms with van der Waals surface area (Å²) in [5, 5.41) is 7.33. The summed E-state index contributed by atoms with van der Waals surface area (Å²) < 4.78 is 30.3. The van der Waals surface area contributed by atoms with E-state index in [9.17, 15) is 8.42 Å². The number of hydrogen-bond acceptors (Lipinski definition) is 4. The summed E-state index contributed by atoms with van der Waals surface area (Å²) in [5.74, 6) is 0.466. The van der Waals surface area contributed by atoms with Crippen LogP contribution in [-0.2, 0) is 17.1 Å². The largest absolute Gasteiger partial charge is 0.306 e. The van der Waals surface area contributed by atoms with Crippen molar-refractivity contribution >= 4 is 33.8 Å². The molecule has 25 heavy (non-hydrogen) atoms. The van der Waals surface area contributed by atoms with Crippen LogP contribution >= 0.6 is 23.8 Å². The molecule has 2 aromatic carbocycles. The van der Waals surface area contributed by atoms with Crippen molar-refractivity contribution < 1.29 is 8.42 Å². The Hall–Kier alpha value is -2.00. The van der Waals surface area contributed by atoms with E-state index in [1.165, 1.54) is 24.3 Å². The minimum absolute atomic E-state index is 0.120. The molecule has 0 fully saturated rings. The fourth-order valence-corrected chi connectivity index (χ4v) is 3.82. The summed E-state index contributed by atoms with van der Waals surface area (Å²) in [6.45, 7) is 0. The molecule has 0 aliphatic heterocycles. The molecule has 6 nitrogen and oxygen atoms in total. The number of nitrogens with one attached hydrogen (secondary N) is 2. The average molecular weight is 395 g/mol. The maximum absolute atomic E-state index is 12.8. The Morgan fingerprint density at radius 2 is 1.80 bits per heavy atom. The van der Waals surface area contributed by atoms with Crippen LogP contribution in [0.3, 0.4) is 0 Å².